The van der Waals surface area contributed by atoms with Crippen LogP contribution in [-0.2, 0) is 4.79 Å². The highest BCUT2D eigenvalue weighted by Gasteiger charge is 2.24. The molecule has 5 heteroatoms. The van der Waals surface area contributed by atoms with Gasteiger partial charge in [0.25, 0.3) is 5.91 Å². The Bertz CT molecular complexity index is 486. The number of carbonyl (C=O) groups excluding carboxylic acids is 2. The van der Waals surface area contributed by atoms with Crippen LogP contribution < -0.4 is 10.6 Å². The van der Waals surface area contributed by atoms with Gasteiger partial charge in [0.15, 0.2) is 0 Å². The molecule has 5 nitrogen and oxygen atoms in total. The molecule has 1 unspecified atom stereocenters. The van der Waals surface area contributed by atoms with Crippen LogP contribution >= 0.6 is 0 Å². The average molecular weight is 292 g/mol. The van der Waals surface area contributed by atoms with Crippen LogP contribution in [0.3, 0.4) is 0 Å². The molecule has 21 heavy (non-hydrogen) atoms. The minimum Gasteiger partial charge on any atom is -0.396 e. The van der Waals surface area contributed by atoms with Gasteiger partial charge in [-0.1, -0.05) is 31.5 Å². The molecule has 1 aromatic rings. The first-order chi connectivity index (χ1) is 9.95. The normalized spacial score (nSPS) is 12.0. The maximum absolute atomic E-state index is 12.2. The van der Waals surface area contributed by atoms with Gasteiger partial charge in [-0.15, -0.1) is 0 Å². The molecule has 0 fully saturated rings. The Hall–Kier alpha value is -1.88. The number of carbonyl (C=O) groups is 2. The van der Waals surface area contributed by atoms with E-state index in [9.17, 15) is 9.59 Å². The van der Waals surface area contributed by atoms with Crippen LogP contribution in [0.1, 0.15) is 36.2 Å². The first-order valence-electron chi connectivity index (χ1n) is 7.21. The van der Waals surface area contributed by atoms with Gasteiger partial charge in [-0.25, -0.2) is 0 Å². The summed E-state index contributed by atoms with van der Waals surface area (Å²) in [6.45, 7) is 6.11. The summed E-state index contributed by atoms with van der Waals surface area (Å²) < 4.78 is 0. The predicted molar refractivity (Wildman–Crippen MR) is 82.0 cm³/mol. The van der Waals surface area contributed by atoms with Gasteiger partial charge in [-0.3, -0.25) is 9.59 Å². The lowest BCUT2D eigenvalue weighted by Gasteiger charge is -2.21. The number of hydrogen-bond acceptors (Lipinski definition) is 3. The second kappa shape index (κ2) is 8.42. The minimum atomic E-state index is -0.586. The smallest absolute Gasteiger partial charge is 0.251 e. The Balaban J connectivity index is 2.69. The molecule has 0 saturated carbocycles. The third-order valence-electron chi connectivity index (χ3n) is 3.15. The van der Waals surface area contributed by atoms with Crippen LogP contribution in [0.4, 0.5) is 0 Å². The van der Waals surface area contributed by atoms with Crippen molar-refractivity contribution in [2.24, 2.45) is 5.92 Å². The molecule has 0 aromatic heterocycles. The quantitative estimate of drug-likeness (QED) is 0.662. The number of nitrogens with one attached hydrogen (secondary N) is 2. The molecule has 0 saturated heterocycles. The Morgan fingerprint density at radius 3 is 2.57 bits per heavy atom. The van der Waals surface area contributed by atoms with Crippen molar-refractivity contribution in [2.75, 3.05) is 13.2 Å². The molecule has 2 amide bonds. The highest BCUT2D eigenvalue weighted by molar-refractivity contribution is 5.97. The van der Waals surface area contributed by atoms with E-state index in [0.29, 0.717) is 18.5 Å². The van der Waals surface area contributed by atoms with Crippen LogP contribution in [0.5, 0.6) is 0 Å². The van der Waals surface area contributed by atoms with Crippen LogP contribution in [0.2, 0.25) is 0 Å². The highest BCUT2D eigenvalue weighted by Crippen LogP contribution is 2.07. The standard InChI is InChI=1S/C16H24N2O3/c1-11(2)14(16(21)17-8-5-9-19)18-15(20)13-7-4-6-12(3)10-13/h4,6-7,10-11,14,19H,5,8-9H2,1-3H3,(H,17,21)(H,18,20). The van der Waals surface area contributed by atoms with Gasteiger partial charge in [0, 0.05) is 18.7 Å². The zero-order valence-electron chi connectivity index (χ0n) is 12.8. The van der Waals surface area contributed by atoms with Crippen molar-refractivity contribution in [3.8, 4) is 0 Å². The van der Waals surface area contributed by atoms with Crippen molar-refractivity contribution in [3.05, 3.63) is 35.4 Å². The van der Waals surface area contributed by atoms with Crippen molar-refractivity contribution in [1.82, 2.24) is 10.6 Å². The lowest BCUT2D eigenvalue weighted by molar-refractivity contribution is -0.123. The van der Waals surface area contributed by atoms with Crippen molar-refractivity contribution in [2.45, 2.75) is 33.2 Å². The van der Waals surface area contributed by atoms with Gasteiger partial charge in [-0.05, 0) is 31.4 Å². The molecule has 0 aliphatic rings. The second-order valence-electron chi connectivity index (χ2n) is 5.43. The summed E-state index contributed by atoms with van der Waals surface area (Å²) in [5, 5.41) is 14.2. The molecular formula is C16H24N2O3. The fraction of sp³-hybridized carbons (Fsp3) is 0.500. The van der Waals surface area contributed by atoms with Crippen molar-refractivity contribution < 1.29 is 14.7 Å². The predicted octanol–water partition coefficient (Wildman–Crippen LogP) is 1.25. The topological polar surface area (TPSA) is 78.4 Å². The summed E-state index contributed by atoms with van der Waals surface area (Å²) in [7, 11) is 0. The largest absolute Gasteiger partial charge is 0.396 e. The van der Waals surface area contributed by atoms with Gasteiger partial charge in [0.05, 0.1) is 0 Å². The van der Waals surface area contributed by atoms with Gasteiger partial charge in [-0.2, -0.15) is 0 Å². The molecule has 0 bridgehead atoms. The van der Waals surface area contributed by atoms with E-state index in [4.69, 9.17) is 5.11 Å². The van der Waals surface area contributed by atoms with Crippen LogP contribution in [0.25, 0.3) is 0 Å². The van der Waals surface area contributed by atoms with E-state index in [2.05, 4.69) is 10.6 Å². The molecule has 0 spiro atoms. The number of hydrogen-bond donors (Lipinski definition) is 3. The molecule has 1 rings (SSSR count). The van der Waals surface area contributed by atoms with E-state index >= 15 is 0 Å². The van der Waals surface area contributed by atoms with E-state index in [1.165, 1.54) is 0 Å². The lowest BCUT2D eigenvalue weighted by atomic mass is 10.0. The minimum absolute atomic E-state index is 0.0205. The number of aryl methyl sites for hydroxylation is 1. The Kier molecular flexibility index (Phi) is 6.88. The first-order valence-corrected chi connectivity index (χ1v) is 7.21. The maximum atomic E-state index is 12.2. The number of benzene rings is 1. The zero-order chi connectivity index (χ0) is 15.8. The number of aliphatic hydroxyl groups is 1. The molecule has 0 heterocycles. The molecule has 1 atom stereocenters. The summed E-state index contributed by atoms with van der Waals surface area (Å²) in [4.78, 5) is 24.3. The van der Waals surface area contributed by atoms with Crippen molar-refractivity contribution >= 4 is 11.8 Å². The number of amides is 2. The van der Waals surface area contributed by atoms with Crippen LogP contribution in [-0.4, -0.2) is 36.1 Å². The fourth-order valence-electron chi connectivity index (χ4n) is 1.95. The monoisotopic (exact) mass is 292 g/mol. The molecule has 116 valence electrons. The third kappa shape index (κ3) is 5.55. The summed E-state index contributed by atoms with van der Waals surface area (Å²) in [5.41, 5.74) is 1.54. The van der Waals surface area contributed by atoms with E-state index in [0.717, 1.165) is 5.56 Å². The van der Waals surface area contributed by atoms with Crippen LogP contribution in [0, 0.1) is 12.8 Å². The summed E-state index contributed by atoms with van der Waals surface area (Å²) in [6.07, 6.45) is 0.502. The molecule has 0 aliphatic heterocycles. The van der Waals surface area contributed by atoms with E-state index in [-0.39, 0.29) is 24.3 Å². The summed E-state index contributed by atoms with van der Waals surface area (Å²) in [5.74, 6) is -0.498. The molecule has 3 N–H and O–H groups in total. The van der Waals surface area contributed by atoms with Gasteiger partial charge >= 0.3 is 0 Å². The number of aliphatic hydroxyl groups excluding tert-OH is 1. The fourth-order valence-corrected chi connectivity index (χ4v) is 1.95. The van der Waals surface area contributed by atoms with Gasteiger partial charge in [0.1, 0.15) is 6.04 Å². The SMILES string of the molecule is Cc1cccc(C(=O)NC(C(=O)NCCCO)C(C)C)c1. The Morgan fingerprint density at radius 1 is 1.29 bits per heavy atom. The molecule has 0 aliphatic carbocycles. The second-order valence-corrected chi connectivity index (χ2v) is 5.43. The van der Waals surface area contributed by atoms with E-state index in [1.807, 2.05) is 32.9 Å². The zero-order valence-corrected chi connectivity index (χ0v) is 12.8. The molecule has 0 radical (unpaired) electrons. The Morgan fingerprint density at radius 2 is 2.00 bits per heavy atom. The maximum Gasteiger partial charge on any atom is 0.251 e. The van der Waals surface area contributed by atoms with Gasteiger partial charge < -0.3 is 15.7 Å². The van der Waals surface area contributed by atoms with Crippen molar-refractivity contribution in [1.29, 1.82) is 0 Å². The van der Waals surface area contributed by atoms with Crippen molar-refractivity contribution in [3.63, 3.8) is 0 Å². The molecule has 1 aromatic carbocycles. The average Bonchev–Trinajstić information content (AvgIpc) is 2.44. The third-order valence-corrected chi connectivity index (χ3v) is 3.15. The first kappa shape index (κ1) is 17.2. The number of rotatable bonds is 7. The van der Waals surface area contributed by atoms with Gasteiger partial charge in [0.2, 0.25) is 5.91 Å². The molecular weight excluding hydrogens is 268 g/mol. The van der Waals surface area contributed by atoms with Crippen LogP contribution in [0.15, 0.2) is 24.3 Å². The Labute approximate surface area is 125 Å². The highest BCUT2D eigenvalue weighted by atomic mass is 16.3. The van der Waals surface area contributed by atoms with E-state index < -0.39 is 6.04 Å². The van der Waals surface area contributed by atoms with E-state index in [1.54, 1.807) is 12.1 Å². The summed E-state index contributed by atoms with van der Waals surface area (Å²) in [6, 6.07) is 6.66. The lowest BCUT2D eigenvalue weighted by Crippen LogP contribution is -2.49. The summed E-state index contributed by atoms with van der Waals surface area (Å²) >= 11 is 0.